The highest BCUT2D eigenvalue weighted by molar-refractivity contribution is 6.33. The van der Waals surface area contributed by atoms with E-state index in [1.165, 1.54) is 0 Å². The van der Waals surface area contributed by atoms with Gasteiger partial charge in [0.2, 0.25) is 11.6 Å². The number of nitrogens with zero attached hydrogens (tertiary/aromatic N) is 3. The zero-order valence-electron chi connectivity index (χ0n) is 9.92. The number of nitro groups is 1. The number of nitrogen functional groups attached to an aromatic ring is 1. The monoisotopic (exact) mass is 279 g/mol. The standard InChI is InChI=1S/C11H10ClN5O2/c1-6-2-3-7(12)8(4-6)16-11-9(17(18)19)10(13)14-5-15-11/h2-5H,1H3,(H3,13,14,15,16). The van der Waals surface area contributed by atoms with Crippen molar-refractivity contribution in [2.45, 2.75) is 6.92 Å². The lowest BCUT2D eigenvalue weighted by Crippen LogP contribution is -2.05. The third kappa shape index (κ3) is 2.71. The lowest BCUT2D eigenvalue weighted by atomic mass is 10.2. The first-order chi connectivity index (χ1) is 8.99. The van der Waals surface area contributed by atoms with Crippen molar-refractivity contribution in [3.63, 3.8) is 0 Å². The fourth-order valence-electron chi connectivity index (χ4n) is 1.53. The number of nitrogens with one attached hydrogen (secondary N) is 1. The minimum atomic E-state index is -0.638. The van der Waals surface area contributed by atoms with Gasteiger partial charge in [-0.15, -0.1) is 0 Å². The summed E-state index contributed by atoms with van der Waals surface area (Å²) in [7, 11) is 0. The van der Waals surface area contributed by atoms with Gasteiger partial charge in [0.25, 0.3) is 0 Å². The fraction of sp³-hybridized carbons (Fsp3) is 0.0909. The van der Waals surface area contributed by atoms with Gasteiger partial charge < -0.3 is 11.1 Å². The Morgan fingerprint density at radius 3 is 2.84 bits per heavy atom. The summed E-state index contributed by atoms with van der Waals surface area (Å²) in [5, 5.41) is 14.2. The highest BCUT2D eigenvalue weighted by Crippen LogP contribution is 2.32. The molecule has 0 unspecified atom stereocenters. The van der Waals surface area contributed by atoms with Crippen molar-refractivity contribution in [2.24, 2.45) is 0 Å². The van der Waals surface area contributed by atoms with Gasteiger partial charge in [-0.3, -0.25) is 10.1 Å². The van der Waals surface area contributed by atoms with E-state index >= 15 is 0 Å². The molecule has 0 atom stereocenters. The maximum absolute atomic E-state index is 11.0. The molecule has 0 amide bonds. The van der Waals surface area contributed by atoms with E-state index in [4.69, 9.17) is 17.3 Å². The average molecular weight is 280 g/mol. The summed E-state index contributed by atoms with van der Waals surface area (Å²) in [6, 6.07) is 5.27. The second-order valence-corrected chi connectivity index (χ2v) is 4.23. The Balaban J connectivity index is 2.46. The van der Waals surface area contributed by atoms with E-state index < -0.39 is 4.92 Å². The van der Waals surface area contributed by atoms with E-state index in [2.05, 4.69) is 15.3 Å². The Kier molecular flexibility index (Phi) is 3.48. The van der Waals surface area contributed by atoms with Crippen LogP contribution in [0.5, 0.6) is 0 Å². The first-order valence-electron chi connectivity index (χ1n) is 5.27. The molecular weight excluding hydrogens is 270 g/mol. The van der Waals surface area contributed by atoms with E-state index in [0.29, 0.717) is 10.7 Å². The van der Waals surface area contributed by atoms with Gasteiger partial charge in [-0.2, -0.15) is 0 Å². The van der Waals surface area contributed by atoms with E-state index in [1.54, 1.807) is 12.1 Å². The number of rotatable bonds is 3. The molecule has 8 heteroatoms. The van der Waals surface area contributed by atoms with E-state index in [-0.39, 0.29) is 17.3 Å². The van der Waals surface area contributed by atoms with Crippen molar-refractivity contribution in [3.05, 3.63) is 45.2 Å². The molecule has 0 bridgehead atoms. The molecule has 1 aromatic carbocycles. The molecule has 1 aromatic heterocycles. The van der Waals surface area contributed by atoms with E-state index in [9.17, 15) is 10.1 Å². The van der Waals surface area contributed by atoms with Crippen LogP contribution in [0.15, 0.2) is 24.5 Å². The van der Waals surface area contributed by atoms with Crippen LogP contribution in [0.3, 0.4) is 0 Å². The van der Waals surface area contributed by atoms with Crippen molar-refractivity contribution in [3.8, 4) is 0 Å². The van der Waals surface area contributed by atoms with Crippen LogP contribution in [0, 0.1) is 17.0 Å². The van der Waals surface area contributed by atoms with Crippen LogP contribution in [-0.2, 0) is 0 Å². The molecule has 0 fully saturated rings. The third-order valence-electron chi connectivity index (χ3n) is 2.41. The highest BCUT2D eigenvalue weighted by atomic mass is 35.5. The van der Waals surface area contributed by atoms with Gasteiger partial charge in [-0.25, -0.2) is 9.97 Å². The molecule has 3 N–H and O–H groups in total. The van der Waals surface area contributed by atoms with Gasteiger partial charge in [0.05, 0.1) is 15.6 Å². The Morgan fingerprint density at radius 2 is 2.16 bits per heavy atom. The number of aromatic nitrogens is 2. The van der Waals surface area contributed by atoms with E-state index in [1.807, 2.05) is 13.0 Å². The summed E-state index contributed by atoms with van der Waals surface area (Å²) in [4.78, 5) is 17.7. The van der Waals surface area contributed by atoms with Crippen molar-refractivity contribution in [1.29, 1.82) is 0 Å². The van der Waals surface area contributed by atoms with Gasteiger partial charge in [0.15, 0.2) is 0 Å². The quantitative estimate of drug-likeness (QED) is 0.661. The van der Waals surface area contributed by atoms with Crippen LogP contribution < -0.4 is 11.1 Å². The topological polar surface area (TPSA) is 107 Å². The second kappa shape index (κ2) is 5.07. The summed E-state index contributed by atoms with van der Waals surface area (Å²) in [5.74, 6) is -0.198. The molecular formula is C11H10ClN5O2. The van der Waals surface area contributed by atoms with Crippen molar-refractivity contribution < 1.29 is 4.92 Å². The first-order valence-corrected chi connectivity index (χ1v) is 5.65. The number of benzene rings is 1. The number of hydrogen-bond donors (Lipinski definition) is 2. The largest absolute Gasteiger partial charge is 0.378 e. The Hall–Kier alpha value is -2.41. The maximum atomic E-state index is 11.0. The first kappa shape index (κ1) is 13.0. The van der Waals surface area contributed by atoms with Gasteiger partial charge in [0, 0.05) is 0 Å². The number of hydrogen-bond acceptors (Lipinski definition) is 6. The lowest BCUT2D eigenvalue weighted by Gasteiger charge is -2.09. The predicted molar refractivity (Wildman–Crippen MR) is 72.6 cm³/mol. The molecule has 1 heterocycles. The SMILES string of the molecule is Cc1ccc(Cl)c(Nc2ncnc(N)c2[N+](=O)[O-])c1. The van der Waals surface area contributed by atoms with E-state index in [0.717, 1.165) is 11.9 Å². The predicted octanol–water partition coefficient (Wildman–Crippen LogP) is 2.67. The van der Waals surface area contributed by atoms with Crippen molar-refractivity contribution >= 4 is 34.6 Å². The number of anilines is 3. The molecule has 2 aromatic rings. The van der Waals surface area contributed by atoms with Crippen molar-refractivity contribution in [2.75, 3.05) is 11.1 Å². The molecule has 0 spiro atoms. The Morgan fingerprint density at radius 1 is 1.42 bits per heavy atom. The van der Waals surface area contributed by atoms with Gasteiger partial charge in [-0.05, 0) is 24.6 Å². The normalized spacial score (nSPS) is 10.2. The molecule has 0 saturated heterocycles. The van der Waals surface area contributed by atoms with Crippen LogP contribution in [-0.4, -0.2) is 14.9 Å². The lowest BCUT2D eigenvalue weighted by molar-refractivity contribution is -0.383. The molecule has 2 rings (SSSR count). The molecule has 98 valence electrons. The molecule has 19 heavy (non-hydrogen) atoms. The zero-order valence-corrected chi connectivity index (χ0v) is 10.7. The molecule has 0 aliphatic heterocycles. The molecule has 0 radical (unpaired) electrons. The van der Waals surface area contributed by atoms with Crippen LogP contribution >= 0.6 is 11.6 Å². The molecule has 0 aliphatic rings. The summed E-state index contributed by atoms with van der Waals surface area (Å²) in [5.41, 5.74) is 6.57. The van der Waals surface area contributed by atoms with Gasteiger partial charge in [0.1, 0.15) is 6.33 Å². The van der Waals surface area contributed by atoms with Crippen molar-refractivity contribution in [1.82, 2.24) is 9.97 Å². The summed E-state index contributed by atoms with van der Waals surface area (Å²) in [6.07, 6.45) is 1.15. The minimum Gasteiger partial charge on any atom is -0.378 e. The van der Waals surface area contributed by atoms with Crippen LogP contribution in [0.2, 0.25) is 5.02 Å². The number of nitrogens with two attached hydrogens (primary N) is 1. The summed E-state index contributed by atoms with van der Waals surface area (Å²) < 4.78 is 0. The fourth-order valence-corrected chi connectivity index (χ4v) is 1.69. The third-order valence-corrected chi connectivity index (χ3v) is 2.74. The Bertz CT molecular complexity index is 647. The Labute approximate surface area is 113 Å². The molecule has 7 nitrogen and oxygen atoms in total. The van der Waals surface area contributed by atoms with Crippen LogP contribution in [0.1, 0.15) is 5.56 Å². The highest BCUT2D eigenvalue weighted by Gasteiger charge is 2.21. The van der Waals surface area contributed by atoms with Gasteiger partial charge >= 0.3 is 5.69 Å². The van der Waals surface area contributed by atoms with Crippen LogP contribution in [0.4, 0.5) is 23.0 Å². The minimum absolute atomic E-state index is 0.00463. The second-order valence-electron chi connectivity index (χ2n) is 3.82. The summed E-state index contributed by atoms with van der Waals surface area (Å²) >= 11 is 6.01. The average Bonchev–Trinajstić information content (AvgIpc) is 2.33. The number of aryl methyl sites for hydroxylation is 1. The molecule has 0 aliphatic carbocycles. The smallest absolute Gasteiger partial charge is 0.353 e. The van der Waals surface area contributed by atoms with Crippen LogP contribution in [0.25, 0.3) is 0 Å². The maximum Gasteiger partial charge on any atom is 0.353 e. The summed E-state index contributed by atoms with van der Waals surface area (Å²) in [6.45, 7) is 1.88. The van der Waals surface area contributed by atoms with Gasteiger partial charge in [-0.1, -0.05) is 17.7 Å². The molecule has 0 saturated carbocycles. The zero-order chi connectivity index (χ0) is 14.0. The number of halogens is 1.